The molecule has 1 aromatic carbocycles. The van der Waals surface area contributed by atoms with Gasteiger partial charge in [-0.25, -0.2) is 0 Å². The largest absolute Gasteiger partial charge is 0.481 e. The zero-order valence-corrected chi connectivity index (χ0v) is 13.1. The van der Waals surface area contributed by atoms with Crippen molar-refractivity contribution in [2.45, 2.75) is 19.1 Å². The van der Waals surface area contributed by atoms with Crippen LogP contribution in [0.1, 0.15) is 12.0 Å². The first-order chi connectivity index (χ1) is 9.65. The van der Waals surface area contributed by atoms with Gasteiger partial charge in [0, 0.05) is 29.1 Å². The number of nitrogens with zero attached hydrogens (tertiary/aromatic N) is 1. The van der Waals surface area contributed by atoms with Crippen molar-refractivity contribution in [3.8, 4) is 0 Å². The van der Waals surface area contributed by atoms with Crippen molar-refractivity contribution in [3.05, 3.63) is 33.3 Å². The van der Waals surface area contributed by atoms with E-state index in [9.17, 15) is 18.0 Å². The van der Waals surface area contributed by atoms with Crippen molar-refractivity contribution in [2.24, 2.45) is 5.41 Å². The quantitative estimate of drug-likeness (QED) is 0.855. The molecule has 0 saturated carbocycles. The Labute approximate surface area is 132 Å². The topological polar surface area (TPSA) is 40.5 Å². The van der Waals surface area contributed by atoms with Crippen LogP contribution in [-0.2, 0) is 11.3 Å². The van der Waals surface area contributed by atoms with Gasteiger partial charge in [0.1, 0.15) is 0 Å². The van der Waals surface area contributed by atoms with Gasteiger partial charge in [-0.3, -0.25) is 9.69 Å². The average Bonchev–Trinajstić information content (AvgIpc) is 2.79. The highest BCUT2D eigenvalue weighted by molar-refractivity contribution is 9.10. The molecule has 0 aromatic heterocycles. The lowest BCUT2D eigenvalue weighted by Crippen LogP contribution is -2.47. The minimum atomic E-state index is -4.76. The van der Waals surface area contributed by atoms with E-state index < -0.39 is 30.5 Å². The average molecular weight is 387 g/mol. The molecule has 21 heavy (non-hydrogen) atoms. The zero-order valence-electron chi connectivity index (χ0n) is 10.8. The normalized spacial score (nSPS) is 23.5. The van der Waals surface area contributed by atoms with Crippen LogP contribution in [0.3, 0.4) is 0 Å². The first-order valence-electron chi connectivity index (χ1n) is 6.12. The molecule has 1 heterocycles. The van der Waals surface area contributed by atoms with E-state index in [0.717, 1.165) is 10.0 Å². The summed E-state index contributed by atoms with van der Waals surface area (Å²) in [5, 5.41) is 9.48. The van der Waals surface area contributed by atoms with Crippen molar-refractivity contribution in [1.82, 2.24) is 4.90 Å². The Bertz CT molecular complexity index is 567. The van der Waals surface area contributed by atoms with Crippen LogP contribution in [0.4, 0.5) is 13.2 Å². The van der Waals surface area contributed by atoms with Crippen molar-refractivity contribution >= 4 is 33.5 Å². The van der Waals surface area contributed by atoms with E-state index in [1.54, 1.807) is 18.2 Å². The Hall–Kier alpha value is -0.790. The minimum absolute atomic E-state index is 0.0742. The second kappa shape index (κ2) is 5.78. The summed E-state index contributed by atoms with van der Waals surface area (Å²) < 4.78 is 40.0. The fourth-order valence-electron chi connectivity index (χ4n) is 2.46. The highest BCUT2D eigenvalue weighted by Gasteiger charge is 2.63. The molecule has 1 aliphatic rings. The third kappa shape index (κ3) is 3.19. The van der Waals surface area contributed by atoms with Crippen molar-refractivity contribution in [3.63, 3.8) is 0 Å². The maximum absolute atomic E-state index is 13.1. The second-order valence-electron chi connectivity index (χ2n) is 5.08. The van der Waals surface area contributed by atoms with E-state index >= 15 is 0 Å². The lowest BCUT2D eigenvalue weighted by molar-refractivity contribution is -0.227. The number of benzene rings is 1. The van der Waals surface area contributed by atoms with Crippen LogP contribution in [0.5, 0.6) is 0 Å². The molecule has 0 bridgehead atoms. The molecule has 0 radical (unpaired) electrons. The smallest absolute Gasteiger partial charge is 0.406 e. The molecule has 1 aromatic rings. The summed E-state index contributed by atoms with van der Waals surface area (Å²) in [6, 6.07) is 5.03. The summed E-state index contributed by atoms with van der Waals surface area (Å²) in [5.74, 6) is -1.82. The maximum atomic E-state index is 13.1. The Morgan fingerprint density at radius 3 is 2.67 bits per heavy atom. The SMILES string of the molecule is O=C(O)C1(C(F)(F)F)CCN(Cc2cc(Cl)ccc2Br)C1. The van der Waals surface area contributed by atoms with Gasteiger partial charge in [0.2, 0.25) is 0 Å². The third-order valence-corrected chi connectivity index (χ3v) is 4.71. The van der Waals surface area contributed by atoms with E-state index in [0.29, 0.717) is 5.02 Å². The molecule has 2 rings (SSSR count). The van der Waals surface area contributed by atoms with Gasteiger partial charge in [-0.2, -0.15) is 13.2 Å². The predicted octanol–water partition coefficient (Wildman–Crippen LogP) is 3.94. The zero-order chi connectivity index (χ0) is 15.8. The Kier molecular flexibility index (Phi) is 4.56. The number of aliphatic carboxylic acids is 1. The van der Waals surface area contributed by atoms with Gasteiger partial charge in [0.05, 0.1) is 0 Å². The van der Waals surface area contributed by atoms with Crippen molar-refractivity contribution in [1.29, 1.82) is 0 Å². The molecule has 1 unspecified atom stereocenters. The number of carboxylic acid groups (broad SMARTS) is 1. The van der Waals surface area contributed by atoms with Gasteiger partial charge < -0.3 is 5.11 Å². The first kappa shape index (κ1) is 16.6. The highest BCUT2D eigenvalue weighted by Crippen LogP contribution is 2.46. The number of rotatable bonds is 3. The first-order valence-corrected chi connectivity index (χ1v) is 7.29. The molecule has 116 valence electrons. The highest BCUT2D eigenvalue weighted by atomic mass is 79.9. The molecule has 0 spiro atoms. The van der Waals surface area contributed by atoms with E-state index in [1.807, 2.05) is 0 Å². The Morgan fingerprint density at radius 2 is 2.14 bits per heavy atom. The minimum Gasteiger partial charge on any atom is -0.481 e. The fourth-order valence-corrected chi connectivity index (χ4v) is 3.02. The molecular weight excluding hydrogens is 374 g/mol. The molecule has 8 heteroatoms. The second-order valence-corrected chi connectivity index (χ2v) is 6.37. The summed E-state index contributed by atoms with van der Waals surface area (Å²) in [5.41, 5.74) is -1.95. The molecule has 0 amide bonds. The van der Waals surface area contributed by atoms with Crippen molar-refractivity contribution in [2.75, 3.05) is 13.1 Å². The molecule has 1 saturated heterocycles. The lowest BCUT2D eigenvalue weighted by Gasteiger charge is -2.27. The van der Waals surface area contributed by atoms with Crippen LogP contribution >= 0.6 is 27.5 Å². The van der Waals surface area contributed by atoms with E-state index in [-0.39, 0.29) is 13.1 Å². The number of carboxylic acids is 1. The number of alkyl halides is 3. The van der Waals surface area contributed by atoms with Gasteiger partial charge in [-0.1, -0.05) is 27.5 Å². The van der Waals surface area contributed by atoms with Gasteiger partial charge in [0.25, 0.3) is 0 Å². The third-order valence-electron chi connectivity index (χ3n) is 3.70. The number of hydrogen-bond donors (Lipinski definition) is 1. The summed E-state index contributed by atoms with van der Waals surface area (Å²) in [6.45, 7) is -0.262. The number of hydrogen-bond acceptors (Lipinski definition) is 2. The standard InChI is InChI=1S/C13H12BrClF3NO2/c14-10-2-1-9(15)5-8(10)6-19-4-3-12(7-19,11(20)21)13(16,17)18/h1-2,5H,3-4,6-7H2,(H,20,21). The van der Waals surface area contributed by atoms with E-state index in [2.05, 4.69) is 15.9 Å². The van der Waals surface area contributed by atoms with Crippen LogP contribution in [-0.4, -0.2) is 35.2 Å². The Morgan fingerprint density at radius 1 is 1.48 bits per heavy atom. The molecule has 0 aliphatic carbocycles. The molecule has 1 atom stereocenters. The van der Waals surface area contributed by atoms with Crippen LogP contribution in [0, 0.1) is 5.41 Å². The van der Waals surface area contributed by atoms with Gasteiger partial charge in [0.15, 0.2) is 5.41 Å². The molecule has 3 nitrogen and oxygen atoms in total. The van der Waals surface area contributed by atoms with Crippen molar-refractivity contribution < 1.29 is 23.1 Å². The van der Waals surface area contributed by atoms with Crippen LogP contribution in [0.15, 0.2) is 22.7 Å². The number of carbonyl (C=O) groups is 1. The maximum Gasteiger partial charge on any atom is 0.406 e. The predicted molar refractivity (Wildman–Crippen MR) is 75.2 cm³/mol. The Balaban J connectivity index is 2.19. The van der Waals surface area contributed by atoms with Crippen LogP contribution in [0.2, 0.25) is 5.02 Å². The molecule has 1 aliphatic heterocycles. The van der Waals surface area contributed by atoms with E-state index in [1.165, 1.54) is 4.90 Å². The van der Waals surface area contributed by atoms with Gasteiger partial charge >= 0.3 is 12.1 Å². The molecule has 1 fully saturated rings. The van der Waals surface area contributed by atoms with Crippen LogP contribution < -0.4 is 0 Å². The van der Waals surface area contributed by atoms with Gasteiger partial charge in [-0.15, -0.1) is 0 Å². The fraction of sp³-hybridized carbons (Fsp3) is 0.462. The lowest BCUT2D eigenvalue weighted by atomic mass is 9.86. The summed E-state index contributed by atoms with van der Waals surface area (Å²) in [7, 11) is 0. The summed E-state index contributed by atoms with van der Waals surface area (Å²) in [4.78, 5) is 12.6. The number of halogens is 5. The van der Waals surface area contributed by atoms with E-state index in [4.69, 9.17) is 16.7 Å². The molecule has 1 N–H and O–H groups in total. The van der Waals surface area contributed by atoms with Gasteiger partial charge in [-0.05, 0) is 30.2 Å². The van der Waals surface area contributed by atoms with Crippen LogP contribution in [0.25, 0.3) is 0 Å². The number of likely N-dealkylation sites (tertiary alicyclic amines) is 1. The molecular formula is C13H12BrClF3NO2. The monoisotopic (exact) mass is 385 g/mol. The summed E-state index contributed by atoms with van der Waals surface area (Å²) >= 11 is 9.18. The summed E-state index contributed by atoms with van der Waals surface area (Å²) in [6.07, 6.45) is -5.21.